The van der Waals surface area contributed by atoms with Crippen molar-refractivity contribution < 1.29 is 52.1 Å². The number of nitriles is 1. The number of benzene rings is 3. The van der Waals surface area contributed by atoms with Crippen molar-refractivity contribution in [3.63, 3.8) is 0 Å². The zero-order chi connectivity index (χ0) is 45.9. The van der Waals surface area contributed by atoms with Gasteiger partial charge >= 0.3 is 24.1 Å². The molecule has 17 heteroatoms. The van der Waals surface area contributed by atoms with E-state index >= 15 is 0 Å². The number of amidine groups is 1. The molecule has 4 aromatic rings. The van der Waals surface area contributed by atoms with Gasteiger partial charge in [0.2, 0.25) is 5.91 Å². The number of H-pyrrole nitrogens is 1. The number of carboxylic acids is 2. The first-order valence-electron chi connectivity index (χ1n) is 19.8. The van der Waals surface area contributed by atoms with Gasteiger partial charge in [-0.25, -0.2) is 19.4 Å². The Hall–Kier alpha value is -6.93. The van der Waals surface area contributed by atoms with Crippen LogP contribution in [-0.4, -0.2) is 62.1 Å². The summed E-state index contributed by atoms with van der Waals surface area (Å²) in [7, 11) is 0. The molecule has 0 radical (unpaired) electrons. The van der Waals surface area contributed by atoms with E-state index in [-0.39, 0.29) is 73.2 Å². The Morgan fingerprint density at radius 1 is 0.921 bits per heavy atom. The van der Waals surface area contributed by atoms with Gasteiger partial charge in [0.15, 0.2) is 0 Å². The van der Waals surface area contributed by atoms with Crippen LogP contribution < -0.4 is 10.6 Å². The smallest absolute Gasteiger partial charge is 0.416 e. The number of anilines is 1. The molecule has 0 spiro atoms. The molecule has 6 rings (SSSR count). The van der Waals surface area contributed by atoms with Gasteiger partial charge in [-0.1, -0.05) is 57.2 Å². The summed E-state index contributed by atoms with van der Waals surface area (Å²) in [5.41, 5.74) is -0.578. The van der Waals surface area contributed by atoms with Crippen molar-refractivity contribution >= 4 is 59.2 Å². The molecule has 0 saturated heterocycles. The zero-order valence-corrected chi connectivity index (χ0v) is 35.4. The van der Waals surface area contributed by atoms with E-state index in [2.05, 4.69) is 33.6 Å². The molecule has 0 bridgehead atoms. The third kappa shape index (κ3) is 10.2. The first-order valence-corrected chi connectivity index (χ1v) is 20.7. The highest BCUT2D eigenvalue weighted by Crippen LogP contribution is 2.39. The number of aliphatic imine (C=N–C) groups is 1. The third-order valence-corrected chi connectivity index (χ3v) is 11.9. The number of carbonyl (C=O) groups excluding carboxylic acids is 3. The summed E-state index contributed by atoms with van der Waals surface area (Å²) in [5, 5.41) is 33.8. The van der Waals surface area contributed by atoms with Gasteiger partial charge in [0.05, 0.1) is 33.3 Å². The highest BCUT2D eigenvalue weighted by atomic mass is 32.2. The van der Waals surface area contributed by atoms with E-state index in [1.54, 1.807) is 37.3 Å². The summed E-state index contributed by atoms with van der Waals surface area (Å²) in [6, 6.07) is 18.1. The molecule has 3 aromatic carbocycles. The zero-order valence-electron chi connectivity index (χ0n) is 34.6. The predicted octanol–water partition coefficient (Wildman–Crippen LogP) is 9.20. The molecule has 1 aliphatic carbocycles. The van der Waals surface area contributed by atoms with Gasteiger partial charge in [-0.05, 0) is 98.1 Å². The molecule has 1 fully saturated rings. The van der Waals surface area contributed by atoms with Gasteiger partial charge in [0.25, 0.3) is 5.91 Å². The number of aromatic carboxylic acids is 2. The summed E-state index contributed by atoms with van der Waals surface area (Å²) in [6.45, 7) is 9.18. The monoisotopic (exact) mass is 881 g/mol. The standard InChI is InChI=1S/C46H42F3N5O8S/c1-22-14-23(2)38(24(3)15-22)62-45(61)36-25(4)34(51-40(36)54-42(56)28-12-9-13-31(17-28)46(47,48)49)20-35-37(27-10-7-6-8-11-27)33(21-50)39(52-35)53-41(55)26(5)63-32-18-29(43(57)58)16-30(19-32)44(59)60/h6-13,16-20,22-24,26,38,52H,14-15H2,1-5H3,(H,53,55)(H,57,58)(H,59,60)(H,51,54,56)/b34-20-. The number of amides is 2. The van der Waals surface area contributed by atoms with Crippen molar-refractivity contribution in [2.75, 3.05) is 5.32 Å². The maximum absolute atomic E-state index is 14.2. The second-order valence-corrected chi connectivity index (χ2v) is 17.1. The summed E-state index contributed by atoms with van der Waals surface area (Å²) in [5.74, 6) is -4.96. The van der Waals surface area contributed by atoms with E-state index in [4.69, 9.17) is 4.74 Å². The fourth-order valence-electron chi connectivity index (χ4n) is 7.94. The van der Waals surface area contributed by atoms with Gasteiger partial charge in [-0.3, -0.25) is 9.59 Å². The van der Waals surface area contributed by atoms with Gasteiger partial charge in [-0.2, -0.15) is 18.4 Å². The van der Waals surface area contributed by atoms with Crippen LogP contribution in [0.4, 0.5) is 19.0 Å². The number of alkyl halides is 3. The predicted molar refractivity (Wildman–Crippen MR) is 229 cm³/mol. The molecule has 1 aliphatic heterocycles. The van der Waals surface area contributed by atoms with Gasteiger partial charge < -0.3 is 30.6 Å². The van der Waals surface area contributed by atoms with Gasteiger partial charge in [0.1, 0.15) is 35.0 Å². The second kappa shape index (κ2) is 18.6. The average Bonchev–Trinajstić information content (AvgIpc) is 3.73. The van der Waals surface area contributed by atoms with Crippen LogP contribution in [-0.2, 0) is 20.5 Å². The largest absolute Gasteiger partial charge is 0.478 e. The van der Waals surface area contributed by atoms with Crippen molar-refractivity contribution in [1.82, 2.24) is 10.3 Å². The lowest BCUT2D eigenvalue weighted by Gasteiger charge is -2.37. The molecule has 2 amide bonds. The molecular weight excluding hydrogens is 840 g/mol. The highest BCUT2D eigenvalue weighted by molar-refractivity contribution is 8.00. The SMILES string of the molecule is CC1=C(C(=O)OC2C(C)CC(C)CC2C)C(NC(=O)c2cccc(C(F)(F)F)c2)=N/C1=C\c1[nH]c(NC(=O)C(C)Sc2cc(C(=O)O)cc(C(=O)O)c2)c(C#N)c1-c1ccccc1. The number of hydrogen-bond acceptors (Lipinski definition) is 9. The number of halogens is 3. The topological polar surface area (TPSA) is 211 Å². The van der Waals surface area contributed by atoms with E-state index in [0.29, 0.717) is 23.1 Å². The van der Waals surface area contributed by atoms with E-state index in [9.17, 15) is 52.6 Å². The molecule has 3 atom stereocenters. The second-order valence-electron chi connectivity index (χ2n) is 15.7. The number of nitrogens with zero attached hydrogens (tertiary/aromatic N) is 2. The Kier molecular flexibility index (Phi) is 13.5. The van der Waals surface area contributed by atoms with Crippen molar-refractivity contribution in [3.8, 4) is 17.2 Å². The van der Waals surface area contributed by atoms with Gasteiger partial charge in [0, 0.05) is 16.0 Å². The molecule has 1 saturated carbocycles. The number of aromatic nitrogens is 1. The van der Waals surface area contributed by atoms with Crippen molar-refractivity contribution in [2.24, 2.45) is 22.7 Å². The van der Waals surface area contributed by atoms with Crippen LogP contribution in [0.15, 0.2) is 99.5 Å². The quantitative estimate of drug-likeness (QED) is 0.0712. The van der Waals surface area contributed by atoms with Crippen LogP contribution in [0, 0.1) is 29.1 Å². The molecule has 2 heterocycles. The number of carboxylic acid groups (broad SMARTS) is 2. The minimum Gasteiger partial charge on any atom is -0.478 e. The number of esters is 1. The van der Waals surface area contributed by atoms with Crippen LogP contribution in [0.25, 0.3) is 17.2 Å². The number of thioether (sulfide) groups is 1. The van der Waals surface area contributed by atoms with Crippen LogP contribution in [0.3, 0.4) is 0 Å². The summed E-state index contributed by atoms with van der Waals surface area (Å²) < 4.78 is 46.9. The molecule has 13 nitrogen and oxygen atoms in total. The molecule has 3 unspecified atom stereocenters. The van der Waals surface area contributed by atoms with Crippen molar-refractivity contribution in [1.29, 1.82) is 5.26 Å². The van der Waals surface area contributed by atoms with Crippen molar-refractivity contribution in [2.45, 2.75) is 69.9 Å². The summed E-state index contributed by atoms with van der Waals surface area (Å²) in [4.78, 5) is 72.6. The molecular formula is C46H42F3N5O8S. The Morgan fingerprint density at radius 3 is 2.14 bits per heavy atom. The number of allylic oxidation sites excluding steroid dienone is 1. The fraction of sp³-hybridized carbons (Fsp3) is 0.283. The number of carbonyl (C=O) groups is 5. The van der Waals surface area contributed by atoms with Gasteiger partial charge in [-0.15, -0.1) is 11.8 Å². The normalized spacial score (nSPS) is 19.8. The fourth-order valence-corrected chi connectivity index (χ4v) is 8.91. The maximum atomic E-state index is 14.2. The molecule has 5 N–H and O–H groups in total. The number of aromatic amines is 1. The number of ether oxygens (including phenoxy) is 1. The lowest BCUT2D eigenvalue weighted by atomic mass is 9.75. The molecule has 63 heavy (non-hydrogen) atoms. The van der Waals surface area contributed by atoms with Crippen molar-refractivity contribution in [3.05, 3.63) is 123 Å². The van der Waals surface area contributed by atoms with Crippen LogP contribution in [0.5, 0.6) is 0 Å². The number of nitrogens with one attached hydrogen (secondary N) is 3. The molecule has 1 aromatic heterocycles. The highest BCUT2D eigenvalue weighted by Gasteiger charge is 2.38. The lowest BCUT2D eigenvalue weighted by Crippen LogP contribution is -2.40. The molecule has 2 aliphatic rings. The van der Waals surface area contributed by atoms with E-state index in [1.165, 1.54) is 31.2 Å². The van der Waals surface area contributed by atoms with Crippen LogP contribution >= 0.6 is 11.8 Å². The first kappa shape index (κ1) is 45.6. The average molecular weight is 882 g/mol. The Bertz CT molecular complexity index is 2600. The number of hydrogen-bond donors (Lipinski definition) is 5. The minimum atomic E-state index is -4.72. The Morgan fingerprint density at radius 2 is 1.56 bits per heavy atom. The van der Waals surface area contributed by atoms with E-state index in [0.717, 1.165) is 42.8 Å². The lowest BCUT2D eigenvalue weighted by molar-refractivity contribution is -0.152. The molecule has 326 valence electrons. The van der Waals surface area contributed by atoms with E-state index in [1.807, 2.05) is 13.8 Å². The first-order chi connectivity index (χ1) is 29.7. The number of rotatable bonds is 11. The third-order valence-electron chi connectivity index (χ3n) is 10.8. The van der Waals surface area contributed by atoms with E-state index < -0.39 is 52.8 Å². The van der Waals surface area contributed by atoms with Crippen LogP contribution in [0.2, 0.25) is 0 Å². The Labute approximate surface area is 364 Å². The summed E-state index contributed by atoms with van der Waals surface area (Å²) >= 11 is 0.897. The minimum absolute atomic E-state index is 0.00809. The maximum Gasteiger partial charge on any atom is 0.416 e. The summed E-state index contributed by atoms with van der Waals surface area (Å²) in [6.07, 6.45) is -2.07. The Balaban J connectivity index is 1.40. The van der Waals surface area contributed by atoms with Crippen LogP contribution in [0.1, 0.15) is 95.4 Å².